The molecule has 0 aliphatic heterocycles. The summed E-state index contributed by atoms with van der Waals surface area (Å²) in [6.45, 7) is -0.249. The first-order valence-corrected chi connectivity index (χ1v) is 9.99. The van der Waals surface area contributed by atoms with Gasteiger partial charge in [0.1, 0.15) is 5.01 Å². The van der Waals surface area contributed by atoms with Crippen LogP contribution in [0.25, 0.3) is 10.6 Å². The van der Waals surface area contributed by atoms with Crippen molar-refractivity contribution in [2.75, 3.05) is 6.61 Å². The largest absolute Gasteiger partial charge is 0.451 e. The number of hydrogen-bond acceptors (Lipinski definition) is 6. The van der Waals surface area contributed by atoms with Crippen LogP contribution in [0.15, 0.2) is 22.2 Å². The van der Waals surface area contributed by atoms with Crippen molar-refractivity contribution in [2.24, 2.45) is 0 Å². The second-order valence-corrected chi connectivity index (χ2v) is 7.52. The van der Waals surface area contributed by atoms with Crippen LogP contribution >= 0.6 is 22.7 Å². The highest BCUT2D eigenvalue weighted by Gasteiger charge is 2.18. The zero-order chi connectivity index (χ0) is 16.8. The Labute approximate surface area is 149 Å². The number of esters is 1. The highest BCUT2D eigenvalue weighted by molar-refractivity contribution is 7.14. The molecule has 1 aliphatic carbocycles. The van der Waals surface area contributed by atoms with E-state index in [-0.39, 0.29) is 24.2 Å². The minimum absolute atomic E-state index is 0.211. The third kappa shape index (κ3) is 4.64. The van der Waals surface area contributed by atoms with Gasteiger partial charge in [-0.1, -0.05) is 25.7 Å². The van der Waals surface area contributed by atoms with E-state index in [2.05, 4.69) is 10.3 Å². The van der Waals surface area contributed by atoms with Crippen molar-refractivity contribution in [2.45, 2.75) is 44.6 Å². The van der Waals surface area contributed by atoms with E-state index >= 15 is 0 Å². The first-order valence-electron chi connectivity index (χ1n) is 8.17. The molecule has 3 rings (SSSR count). The summed E-state index contributed by atoms with van der Waals surface area (Å²) in [5.74, 6) is -0.785. The van der Waals surface area contributed by atoms with Crippen LogP contribution in [0.3, 0.4) is 0 Å². The molecule has 1 saturated carbocycles. The van der Waals surface area contributed by atoms with Crippen LogP contribution in [0.5, 0.6) is 0 Å². The Kier molecular flexibility index (Phi) is 5.98. The number of amides is 1. The molecule has 0 saturated heterocycles. The molecular weight excluding hydrogens is 344 g/mol. The molecule has 0 unspecified atom stereocenters. The van der Waals surface area contributed by atoms with Crippen LogP contribution in [-0.4, -0.2) is 29.5 Å². The molecule has 0 spiro atoms. The zero-order valence-corrected chi connectivity index (χ0v) is 15.0. The number of thiophene rings is 1. The fourth-order valence-corrected chi connectivity index (χ4v) is 4.29. The molecule has 0 atom stereocenters. The molecule has 0 bridgehead atoms. The quantitative estimate of drug-likeness (QED) is 0.646. The number of carbonyl (C=O) groups excluding carboxylic acids is 2. The highest BCUT2D eigenvalue weighted by Crippen LogP contribution is 2.25. The Morgan fingerprint density at radius 2 is 2.00 bits per heavy atom. The maximum atomic E-state index is 12.0. The Bertz CT molecular complexity index is 674. The minimum Gasteiger partial charge on any atom is -0.451 e. The van der Waals surface area contributed by atoms with Gasteiger partial charge in [0.2, 0.25) is 0 Å². The van der Waals surface area contributed by atoms with Crippen molar-refractivity contribution < 1.29 is 14.3 Å². The standard InChI is InChI=1S/C17H20N2O3S2/c20-15(18-13-5-3-1-2-4-6-13)9-22-17(21)14-11-24-16(19-14)12-7-8-23-10-12/h7-8,10-11,13H,1-6,9H2,(H,18,20). The number of aromatic nitrogens is 1. The molecular formula is C17H20N2O3S2. The third-order valence-electron chi connectivity index (χ3n) is 4.04. The number of rotatable bonds is 5. The number of thiazole rings is 1. The third-order valence-corrected chi connectivity index (χ3v) is 5.61. The van der Waals surface area contributed by atoms with Crippen LogP contribution in [-0.2, 0) is 9.53 Å². The topological polar surface area (TPSA) is 68.3 Å². The maximum Gasteiger partial charge on any atom is 0.358 e. The molecule has 2 aromatic heterocycles. The van der Waals surface area contributed by atoms with Gasteiger partial charge in [-0.3, -0.25) is 4.79 Å². The molecule has 1 fully saturated rings. The summed E-state index contributed by atoms with van der Waals surface area (Å²) in [6.07, 6.45) is 6.78. The van der Waals surface area contributed by atoms with Crippen molar-refractivity contribution in [1.29, 1.82) is 0 Å². The van der Waals surface area contributed by atoms with Crippen LogP contribution < -0.4 is 5.32 Å². The molecule has 2 aromatic rings. The first-order chi connectivity index (χ1) is 11.7. The summed E-state index contributed by atoms with van der Waals surface area (Å²) in [5, 5.41) is 9.35. The number of hydrogen-bond donors (Lipinski definition) is 1. The van der Waals surface area contributed by atoms with Crippen molar-refractivity contribution in [3.63, 3.8) is 0 Å². The Hall–Kier alpha value is -1.73. The van der Waals surface area contributed by atoms with E-state index < -0.39 is 5.97 Å². The van der Waals surface area contributed by atoms with Gasteiger partial charge in [0.05, 0.1) is 0 Å². The predicted octanol–water partition coefficient (Wildman–Crippen LogP) is 3.87. The van der Waals surface area contributed by atoms with Gasteiger partial charge in [-0.2, -0.15) is 11.3 Å². The van der Waals surface area contributed by atoms with Gasteiger partial charge in [-0.15, -0.1) is 11.3 Å². The van der Waals surface area contributed by atoms with Crippen molar-refractivity contribution in [3.8, 4) is 10.6 Å². The molecule has 2 heterocycles. The molecule has 1 aliphatic rings. The van der Waals surface area contributed by atoms with Gasteiger partial charge < -0.3 is 10.1 Å². The van der Waals surface area contributed by atoms with E-state index in [0.29, 0.717) is 0 Å². The van der Waals surface area contributed by atoms with Gasteiger partial charge in [0.25, 0.3) is 5.91 Å². The molecule has 1 N–H and O–H groups in total. The zero-order valence-electron chi connectivity index (χ0n) is 13.3. The SMILES string of the molecule is O=C(COC(=O)c1csc(-c2ccsc2)n1)NC1CCCCCC1. The van der Waals surface area contributed by atoms with E-state index in [1.165, 1.54) is 24.2 Å². The smallest absolute Gasteiger partial charge is 0.358 e. The molecule has 24 heavy (non-hydrogen) atoms. The van der Waals surface area contributed by atoms with Crippen molar-refractivity contribution in [3.05, 3.63) is 27.9 Å². The monoisotopic (exact) mass is 364 g/mol. The average Bonchev–Trinajstić information content (AvgIpc) is 3.21. The van der Waals surface area contributed by atoms with Gasteiger partial charge >= 0.3 is 5.97 Å². The summed E-state index contributed by atoms with van der Waals surface area (Å²) in [5.41, 5.74) is 1.25. The molecule has 0 radical (unpaired) electrons. The van der Waals surface area contributed by atoms with Gasteiger partial charge in [-0.05, 0) is 24.3 Å². The lowest BCUT2D eigenvalue weighted by molar-refractivity contribution is -0.125. The summed E-state index contributed by atoms with van der Waals surface area (Å²) >= 11 is 2.98. The lowest BCUT2D eigenvalue weighted by Crippen LogP contribution is -2.37. The van der Waals surface area contributed by atoms with Crippen molar-refractivity contribution in [1.82, 2.24) is 10.3 Å². The summed E-state index contributed by atoms with van der Waals surface area (Å²) in [7, 11) is 0. The summed E-state index contributed by atoms with van der Waals surface area (Å²) < 4.78 is 5.09. The molecule has 128 valence electrons. The van der Waals surface area contributed by atoms with Crippen LogP contribution in [0.2, 0.25) is 0 Å². The van der Waals surface area contributed by atoms with E-state index in [0.717, 1.165) is 36.3 Å². The maximum absolute atomic E-state index is 12.0. The first kappa shape index (κ1) is 17.1. The Morgan fingerprint density at radius 3 is 2.71 bits per heavy atom. The molecule has 5 nitrogen and oxygen atoms in total. The fourth-order valence-electron chi connectivity index (χ4n) is 2.78. The van der Waals surface area contributed by atoms with Gasteiger partial charge in [0, 0.05) is 22.4 Å². The summed E-state index contributed by atoms with van der Waals surface area (Å²) in [6, 6.07) is 2.17. The predicted molar refractivity (Wildman–Crippen MR) is 95.3 cm³/mol. The van der Waals surface area contributed by atoms with Crippen LogP contribution in [0.4, 0.5) is 0 Å². The lowest BCUT2D eigenvalue weighted by atomic mass is 10.1. The number of carbonyl (C=O) groups is 2. The van der Waals surface area contributed by atoms with Gasteiger partial charge in [-0.25, -0.2) is 9.78 Å². The Balaban J connectivity index is 1.47. The minimum atomic E-state index is -0.552. The van der Waals surface area contributed by atoms with E-state index in [1.807, 2.05) is 16.8 Å². The van der Waals surface area contributed by atoms with E-state index in [9.17, 15) is 9.59 Å². The fraction of sp³-hybridized carbons (Fsp3) is 0.471. The second-order valence-electron chi connectivity index (χ2n) is 5.88. The van der Waals surface area contributed by atoms with Crippen molar-refractivity contribution >= 4 is 34.6 Å². The molecule has 1 amide bonds. The van der Waals surface area contributed by atoms with E-state index in [1.54, 1.807) is 16.7 Å². The van der Waals surface area contributed by atoms with E-state index in [4.69, 9.17) is 4.74 Å². The Morgan fingerprint density at radius 1 is 1.21 bits per heavy atom. The molecule has 7 heteroatoms. The molecule has 0 aromatic carbocycles. The number of nitrogens with one attached hydrogen (secondary N) is 1. The average molecular weight is 364 g/mol. The summed E-state index contributed by atoms with van der Waals surface area (Å²) in [4.78, 5) is 28.2. The number of ether oxygens (including phenoxy) is 1. The van der Waals surface area contributed by atoms with Crippen LogP contribution in [0, 0.1) is 0 Å². The van der Waals surface area contributed by atoms with Crippen LogP contribution in [0.1, 0.15) is 49.0 Å². The lowest BCUT2D eigenvalue weighted by Gasteiger charge is -2.15. The normalized spacial score (nSPS) is 15.7. The highest BCUT2D eigenvalue weighted by atomic mass is 32.1. The number of nitrogens with zero attached hydrogens (tertiary/aromatic N) is 1. The second kappa shape index (κ2) is 8.39. The van der Waals surface area contributed by atoms with Gasteiger partial charge in [0.15, 0.2) is 12.3 Å².